The second kappa shape index (κ2) is 7.11. The Kier molecular flexibility index (Phi) is 4.80. The molecule has 3 aromatic rings. The minimum atomic E-state index is -0.620. The van der Waals surface area contributed by atoms with Crippen LogP contribution in [-0.2, 0) is 0 Å². The molecule has 0 unspecified atom stereocenters. The van der Waals surface area contributed by atoms with Gasteiger partial charge in [-0.15, -0.1) is 0 Å². The zero-order valence-electron chi connectivity index (χ0n) is 14.8. The second-order valence-corrected chi connectivity index (χ2v) is 7.38. The van der Waals surface area contributed by atoms with Crippen LogP contribution in [0.15, 0.2) is 30.6 Å². The van der Waals surface area contributed by atoms with Gasteiger partial charge in [-0.1, -0.05) is 23.2 Å². The highest BCUT2D eigenvalue weighted by molar-refractivity contribution is 6.42. The van der Waals surface area contributed by atoms with E-state index in [4.69, 9.17) is 27.9 Å². The van der Waals surface area contributed by atoms with Crippen molar-refractivity contribution in [3.8, 4) is 5.75 Å². The predicted molar refractivity (Wildman–Crippen MR) is 106 cm³/mol. The molecule has 0 bridgehead atoms. The highest BCUT2D eigenvalue weighted by Crippen LogP contribution is 2.38. The SMILES string of the molecule is COc1cc2ncnc(Nc3ccc(Cl)c(Cl)c3F)c2cc1C1CN(C)C1. The highest BCUT2D eigenvalue weighted by atomic mass is 35.5. The van der Waals surface area contributed by atoms with E-state index in [1.165, 1.54) is 18.5 Å². The molecule has 4 rings (SSSR count). The van der Waals surface area contributed by atoms with E-state index in [-0.39, 0.29) is 15.7 Å². The Morgan fingerprint density at radius 3 is 2.70 bits per heavy atom. The van der Waals surface area contributed by atoms with Crippen molar-refractivity contribution in [2.75, 3.05) is 32.6 Å². The molecule has 8 heteroatoms. The fourth-order valence-corrected chi connectivity index (χ4v) is 3.65. The maximum atomic E-state index is 14.4. The van der Waals surface area contributed by atoms with Gasteiger partial charge in [-0.3, -0.25) is 0 Å². The van der Waals surface area contributed by atoms with Crippen molar-refractivity contribution in [3.63, 3.8) is 0 Å². The Labute approximate surface area is 166 Å². The summed E-state index contributed by atoms with van der Waals surface area (Å²) in [4.78, 5) is 10.9. The fraction of sp³-hybridized carbons (Fsp3) is 0.263. The Bertz CT molecular complexity index is 1020. The van der Waals surface area contributed by atoms with Gasteiger partial charge < -0.3 is 15.0 Å². The summed E-state index contributed by atoms with van der Waals surface area (Å²) in [5, 5.41) is 3.83. The number of likely N-dealkylation sites (tertiary alicyclic amines) is 1. The van der Waals surface area contributed by atoms with Crippen molar-refractivity contribution < 1.29 is 9.13 Å². The number of aromatic nitrogens is 2. The summed E-state index contributed by atoms with van der Waals surface area (Å²) in [6, 6.07) is 6.98. The molecule has 1 N–H and O–H groups in total. The molecule has 0 saturated carbocycles. The standard InChI is InChI=1S/C19H17Cl2FN4O/c1-26-7-10(8-26)11-5-12-15(6-16(11)27-2)23-9-24-19(12)25-14-4-3-13(20)17(21)18(14)22/h3-6,9-10H,7-8H2,1-2H3,(H,23,24,25). The predicted octanol–water partition coefficient (Wildman–Crippen LogP) is 4.86. The molecular weight excluding hydrogens is 390 g/mol. The molecule has 0 radical (unpaired) electrons. The minimum absolute atomic E-state index is 0.125. The first kappa shape index (κ1) is 18.2. The summed E-state index contributed by atoms with van der Waals surface area (Å²) in [7, 11) is 3.73. The van der Waals surface area contributed by atoms with Crippen LogP contribution in [0.3, 0.4) is 0 Å². The molecule has 0 spiro atoms. The molecule has 1 saturated heterocycles. The van der Waals surface area contributed by atoms with Gasteiger partial charge in [0, 0.05) is 36.0 Å². The van der Waals surface area contributed by atoms with E-state index < -0.39 is 5.82 Å². The normalized spacial score (nSPS) is 15.0. The lowest BCUT2D eigenvalue weighted by Gasteiger charge is -2.37. The molecule has 0 amide bonds. The van der Waals surface area contributed by atoms with E-state index in [1.54, 1.807) is 7.11 Å². The molecular formula is C19H17Cl2FN4O. The van der Waals surface area contributed by atoms with Gasteiger partial charge in [-0.05, 0) is 25.2 Å². The van der Waals surface area contributed by atoms with Gasteiger partial charge in [-0.25, -0.2) is 14.4 Å². The van der Waals surface area contributed by atoms with Gasteiger partial charge in [0.1, 0.15) is 17.9 Å². The fourth-order valence-electron chi connectivity index (χ4n) is 3.34. The molecule has 1 fully saturated rings. The molecule has 0 aliphatic carbocycles. The summed E-state index contributed by atoms with van der Waals surface area (Å²) >= 11 is 11.8. The summed E-state index contributed by atoms with van der Waals surface area (Å²) in [6.45, 7) is 1.92. The molecule has 2 aromatic carbocycles. The van der Waals surface area contributed by atoms with Crippen LogP contribution in [0.2, 0.25) is 10.0 Å². The maximum Gasteiger partial charge on any atom is 0.166 e. The molecule has 140 valence electrons. The quantitative estimate of drug-likeness (QED) is 0.627. The first-order valence-electron chi connectivity index (χ1n) is 8.39. The third-order valence-corrected chi connectivity index (χ3v) is 5.56. The van der Waals surface area contributed by atoms with Gasteiger partial charge in [0.25, 0.3) is 0 Å². The van der Waals surface area contributed by atoms with Gasteiger partial charge in [0.2, 0.25) is 0 Å². The number of nitrogens with zero attached hydrogens (tertiary/aromatic N) is 3. The zero-order chi connectivity index (χ0) is 19.1. The van der Waals surface area contributed by atoms with Crippen LogP contribution in [0.4, 0.5) is 15.9 Å². The molecule has 1 aromatic heterocycles. The van der Waals surface area contributed by atoms with Crippen LogP contribution in [0.1, 0.15) is 11.5 Å². The summed E-state index contributed by atoms with van der Waals surface area (Å²) in [5.41, 5.74) is 2.00. The number of anilines is 2. The third-order valence-electron chi connectivity index (χ3n) is 4.78. The zero-order valence-corrected chi connectivity index (χ0v) is 16.3. The van der Waals surface area contributed by atoms with E-state index in [0.717, 1.165) is 29.8 Å². The molecule has 0 atom stereocenters. The Balaban J connectivity index is 1.79. The van der Waals surface area contributed by atoms with E-state index in [0.29, 0.717) is 17.3 Å². The number of nitrogens with one attached hydrogen (secondary N) is 1. The van der Waals surface area contributed by atoms with Crippen LogP contribution >= 0.6 is 23.2 Å². The van der Waals surface area contributed by atoms with Crippen LogP contribution in [0, 0.1) is 5.82 Å². The number of halogens is 3. The topological polar surface area (TPSA) is 50.3 Å². The van der Waals surface area contributed by atoms with Crippen molar-refractivity contribution >= 4 is 45.6 Å². The number of hydrogen-bond donors (Lipinski definition) is 1. The van der Waals surface area contributed by atoms with Crippen molar-refractivity contribution in [2.45, 2.75) is 5.92 Å². The van der Waals surface area contributed by atoms with Gasteiger partial charge in [-0.2, -0.15) is 0 Å². The Hall–Kier alpha value is -2.15. The van der Waals surface area contributed by atoms with E-state index >= 15 is 0 Å². The Morgan fingerprint density at radius 2 is 2.00 bits per heavy atom. The minimum Gasteiger partial charge on any atom is -0.496 e. The van der Waals surface area contributed by atoms with Crippen LogP contribution in [-0.4, -0.2) is 42.1 Å². The van der Waals surface area contributed by atoms with Crippen LogP contribution < -0.4 is 10.1 Å². The molecule has 2 heterocycles. The van der Waals surface area contributed by atoms with Crippen LogP contribution in [0.25, 0.3) is 10.9 Å². The number of fused-ring (bicyclic) bond motifs is 1. The van der Waals surface area contributed by atoms with Crippen LogP contribution in [0.5, 0.6) is 5.75 Å². The smallest absolute Gasteiger partial charge is 0.166 e. The average Bonchev–Trinajstić information content (AvgIpc) is 2.65. The number of benzene rings is 2. The lowest BCUT2D eigenvalue weighted by molar-refractivity contribution is 0.187. The number of rotatable bonds is 4. The third kappa shape index (κ3) is 3.29. The number of methoxy groups -OCH3 is 1. The van der Waals surface area contributed by atoms with Crippen molar-refractivity contribution in [3.05, 3.63) is 52.0 Å². The van der Waals surface area contributed by atoms with Gasteiger partial charge >= 0.3 is 0 Å². The monoisotopic (exact) mass is 406 g/mol. The number of likely N-dealkylation sites (N-methyl/N-ethyl adjacent to an activating group) is 1. The van der Waals surface area contributed by atoms with Crippen molar-refractivity contribution in [1.82, 2.24) is 14.9 Å². The summed E-state index contributed by atoms with van der Waals surface area (Å²) in [5.74, 6) is 1.05. The first-order chi connectivity index (χ1) is 13.0. The van der Waals surface area contributed by atoms with E-state index in [2.05, 4.69) is 27.2 Å². The highest BCUT2D eigenvalue weighted by Gasteiger charge is 2.28. The average molecular weight is 407 g/mol. The van der Waals surface area contributed by atoms with Crippen molar-refractivity contribution in [1.29, 1.82) is 0 Å². The van der Waals surface area contributed by atoms with Gasteiger partial charge in [0.15, 0.2) is 5.82 Å². The molecule has 1 aliphatic heterocycles. The number of ether oxygens (including phenoxy) is 1. The van der Waals surface area contributed by atoms with E-state index in [9.17, 15) is 4.39 Å². The maximum absolute atomic E-state index is 14.4. The second-order valence-electron chi connectivity index (χ2n) is 6.60. The lowest BCUT2D eigenvalue weighted by atomic mass is 9.90. The summed E-state index contributed by atoms with van der Waals surface area (Å²) in [6.07, 6.45) is 1.43. The number of hydrogen-bond acceptors (Lipinski definition) is 5. The summed E-state index contributed by atoms with van der Waals surface area (Å²) < 4.78 is 20.0. The van der Waals surface area contributed by atoms with E-state index in [1.807, 2.05) is 12.1 Å². The first-order valence-corrected chi connectivity index (χ1v) is 9.15. The lowest BCUT2D eigenvalue weighted by Crippen LogP contribution is -2.41. The largest absolute Gasteiger partial charge is 0.496 e. The molecule has 1 aliphatic rings. The molecule has 5 nitrogen and oxygen atoms in total. The van der Waals surface area contributed by atoms with Gasteiger partial charge in [0.05, 0.1) is 28.4 Å². The van der Waals surface area contributed by atoms with Crippen molar-refractivity contribution in [2.24, 2.45) is 0 Å². The molecule has 27 heavy (non-hydrogen) atoms. The Morgan fingerprint density at radius 1 is 1.22 bits per heavy atom.